The first kappa shape index (κ1) is 18.6. The Balaban J connectivity index is 1.24. The van der Waals surface area contributed by atoms with Gasteiger partial charge in [0.05, 0.1) is 5.69 Å². The van der Waals surface area contributed by atoms with E-state index in [0.717, 1.165) is 48.5 Å². The molecule has 0 bridgehead atoms. The zero-order valence-electron chi connectivity index (χ0n) is 15.8. The third kappa shape index (κ3) is 4.74. The number of fused-ring (bicyclic) bond motifs is 1. The Morgan fingerprint density at radius 3 is 2.85 bits per heavy atom. The topological polar surface area (TPSA) is 58.1 Å². The predicted octanol–water partition coefficient (Wildman–Crippen LogP) is 3.30. The van der Waals surface area contributed by atoms with Crippen LogP contribution in [0.25, 0.3) is 10.6 Å². The fourth-order valence-corrected chi connectivity index (χ4v) is 5.15. The van der Waals surface area contributed by atoms with Crippen LogP contribution in [0.2, 0.25) is 0 Å². The lowest BCUT2D eigenvalue weighted by atomic mass is 9.90. The van der Waals surface area contributed by atoms with Gasteiger partial charge in [-0.25, -0.2) is 4.98 Å². The SMILES string of the molecule is O=C(NCCCCN1CCCC1)C1CCc2sc(-c3ccncc3)nc2C1. The van der Waals surface area contributed by atoms with Crippen LogP contribution in [0.1, 0.15) is 42.7 Å². The number of thiazole rings is 1. The molecule has 0 aromatic carbocycles. The number of aryl methyl sites for hydroxylation is 1. The molecule has 1 aliphatic carbocycles. The molecule has 1 fully saturated rings. The number of pyridine rings is 1. The van der Waals surface area contributed by atoms with Crippen molar-refractivity contribution in [2.45, 2.75) is 44.9 Å². The summed E-state index contributed by atoms with van der Waals surface area (Å²) in [4.78, 5) is 25.3. The van der Waals surface area contributed by atoms with E-state index in [1.807, 2.05) is 12.1 Å². The number of hydrogen-bond donors (Lipinski definition) is 1. The van der Waals surface area contributed by atoms with Gasteiger partial charge in [0, 0.05) is 41.7 Å². The number of rotatable bonds is 7. The number of nitrogens with zero attached hydrogens (tertiary/aromatic N) is 3. The van der Waals surface area contributed by atoms with Crippen LogP contribution in [0, 0.1) is 5.92 Å². The van der Waals surface area contributed by atoms with Gasteiger partial charge in [0.15, 0.2) is 0 Å². The van der Waals surface area contributed by atoms with E-state index in [9.17, 15) is 4.79 Å². The first-order valence-corrected chi connectivity index (χ1v) is 11.0. The highest BCUT2D eigenvalue weighted by Crippen LogP contribution is 2.34. The van der Waals surface area contributed by atoms with Crippen LogP contribution in [0.4, 0.5) is 0 Å². The van der Waals surface area contributed by atoms with Crippen LogP contribution < -0.4 is 5.32 Å². The summed E-state index contributed by atoms with van der Waals surface area (Å²) in [7, 11) is 0. The Bertz CT molecular complexity index is 755. The van der Waals surface area contributed by atoms with E-state index >= 15 is 0 Å². The van der Waals surface area contributed by atoms with Crippen molar-refractivity contribution in [3.63, 3.8) is 0 Å². The molecule has 1 saturated heterocycles. The Labute approximate surface area is 165 Å². The smallest absolute Gasteiger partial charge is 0.223 e. The summed E-state index contributed by atoms with van der Waals surface area (Å²) in [6.45, 7) is 4.49. The highest BCUT2D eigenvalue weighted by atomic mass is 32.1. The summed E-state index contributed by atoms with van der Waals surface area (Å²) in [6, 6.07) is 3.99. The van der Waals surface area contributed by atoms with E-state index in [4.69, 9.17) is 4.98 Å². The molecule has 0 saturated carbocycles. The maximum absolute atomic E-state index is 12.5. The lowest BCUT2D eigenvalue weighted by Gasteiger charge is -2.20. The minimum Gasteiger partial charge on any atom is -0.356 e. The van der Waals surface area contributed by atoms with Gasteiger partial charge < -0.3 is 10.2 Å². The van der Waals surface area contributed by atoms with Gasteiger partial charge in [0.1, 0.15) is 5.01 Å². The molecule has 5 nitrogen and oxygen atoms in total. The molecule has 2 aliphatic rings. The normalized spacial score (nSPS) is 19.8. The molecular formula is C21H28N4OS. The summed E-state index contributed by atoms with van der Waals surface area (Å²) in [5.74, 6) is 0.281. The fourth-order valence-electron chi connectivity index (χ4n) is 4.04. The molecule has 2 aromatic rings. The van der Waals surface area contributed by atoms with Crippen molar-refractivity contribution in [1.82, 2.24) is 20.2 Å². The van der Waals surface area contributed by atoms with E-state index in [-0.39, 0.29) is 11.8 Å². The second-order valence-electron chi connectivity index (χ2n) is 7.61. The van der Waals surface area contributed by atoms with Gasteiger partial charge in [-0.05, 0) is 70.3 Å². The van der Waals surface area contributed by atoms with Crippen molar-refractivity contribution in [2.24, 2.45) is 5.92 Å². The average Bonchev–Trinajstić information content (AvgIpc) is 3.37. The second-order valence-corrected chi connectivity index (χ2v) is 8.70. The van der Waals surface area contributed by atoms with Crippen LogP contribution in [-0.2, 0) is 17.6 Å². The molecule has 2 aromatic heterocycles. The van der Waals surface area contributed by atoms with Gasteiger partial charge in [0.25, 0.3) is 0 Å². The molecule has 1 unspecified atom stereocenters. The number of likely N-dealkylation sites (tertiary alicyclic amines) is 1. The van der Waals surface area contributed by atoms with Crippen molar-refractivity contribution in [1.29, 1.82) is 0 Å². The molecule has 1 atom stereocenters. The molecule has 4 rings (SSSR count). The summed E-state index contributed by atoms with van der Waals surface area (Å²) in [6.07, 6.45) is 11.2. The number of aromatic nitrogens is 2. The summed E-state index contributed by atoms with van der Waals surface area (Å²) in [5.41, 5.74) is 2.23. The molecule has 6 heteroatoms. The third-order valence-electron chi connectivity index (χ3n) is 5.63. The monoisotopic (exact) mass is 384 g/mol. The van der Waals surface area contributed by atoms with Gasteiger partial charge >= 0.3 is 0 Å². The number of amides is 1. The van der Waals surface area contributed by atoms with Crippen LogP contribution in [0.15, 0.2) is 24.5 Å². The van der Waals surface area contributed by atoms with Crippen LogP contribution in [-0.4, -0.2) is 47.0 Å². The maximum Gasteiger partial charge on any atom is 0.223 e. The highest BCUT2D eigenvalue weighted by molar-refractivity contribution is 7.15. The number of unbranched alkanes of at least 4 members (excludes halogenated alkanes) is 1. The van der Waals surface area contributed by atoms with Gasteiger partial charge in [0.2, 0.25) is 5.91 Å². The van der Waals surface area contributed by atoms with Gasteiger partial charge in [-0.2, -0.15) is 0 Å². The average molecular weight is 385 g/mol. The largest absolute Gasteiger partial charge is 0.356 e. The number of carbonyl (C=O) groups is 1. The Kier molecular flexibility index (Phi) is 6.14. The van der Waals surface area contributed by atoms with E-state index in [2.05, 4.69) is 15.2 Å². The van der Waals surface area contributed by atoms with Crippen molar-refractivity contribution in [3.8, 4) is 10.6 Å². The Morgan fingerprint density at radius 1 is 1.22 bits per heavy atom. The Morgan fingerprint density at radius 2 is 2.04 bits per heavy atom. The van der Waals surface area contributed by atoms with Crippen molar-refractivity contribution in [2.75, 3.05) is 26.2 Å². The molecule has 1 aliphatic heterocycles. The van der Waals surface area contributed by atoms with E-state index in [1.54, 1.807) is 23.7 Å². The van der Waals surface area contributed by atoms with Crippen molar-refractivity contribution in [3.05, 3.63) is 35.1 Å². The van der Waals surface area contributed by atoms with E-state index in [0.29, 0.717) is 0 Å². The quantitative estimate of drug-likeness (QED) is 0.744. The van der Waals surface area contributed by atoms with Crippen LogP contribution in [0.5, 0.6) is 0 Å². The van der Waals surface area contributed by atoms with E-state index in [1.165, 1.54) is 43.8 Å². The zero-order valence-corrected chi connectivity index (χ0v) is 16.6. The number of nitrogens with one attached hydrogen (secondary N) is 1. The third-order valence-corrected chi connectivity index (χ3v) is 6.84. The lowest BCUT2D eigenvalue weighted by Crippen LogP contribution is -2.34. The first-order chi connectivity index (χ1) is 13.3. The van der Waals surface area contributed by atoms with Gasteiger partial charge in [-0.15, -0.1) is 11.3 Å². The molecule has 0 radical (unpaired) electrons. The fraction of sp³-hybridized carbons (Fsp3) is 0.571. The zero-order chi connectivity index (χ0) is 18.5. The lowest BCUT2D eigenvalue weighted by molar-refractivity contribution is -0.125. The molecule has 3 heterocycles. The predicted molar refractivity (Wildman–Crippen MR) is 109 cm³/mol. The van der Waals surface area contributed by atoms with E-state index < -0.39 is 0 Å². The minimum atomic E-state index is 0.0727. The van der Waals surface area contributed by atoms with Crippen molar-refractivity contribution < 1.29 is 4.79 Å². The number of hydrogen-bond acceptors (Lipinski definition) is 5. The Hall–Kier alpha value is -1.79. The second kappa shape index (κ2) is 8.93. The van der Waals surface area contributed by atoms with Crippen LogP contribution in [0.3, 0.4) is 0 Å². The number of carbonyl (C=O) groups excluding carboxylic acids is 1. The molecule has 1 amide bonds. The molecule has 1 N–H and O–H groups in total. The molecule has 144 valence electrons. The van der Waals surface area contributed by atoms with Crippen LogP contribution >= 0.6 is 11.3 Å². The first-order valence-electron chi connectivity index (χ1n) is 10.2. The standard InChI is InChI=1S/C21H28N4OS/c26-20(23-9-1-2-12-25-13-3-4-14-25)17-5-6-19-18(15-17)24-21(27-19)16-7-10-22-11-8-16/h7-8,10-11,17H,1-6,9,12-15H2,(H,23,26). The minimum absolute atomic E-state index is 0.0727. The summed E-state index contributed by atoms with van der Waals surface area (Å²) >= 11 is 1.76. The molecular weight excluding hydrogens is 356 g/mol. The molecule has 0 spiro atoms. The van der Waals surface area contributed by atoms with Crippen molar-refractivity contribution >= 4 is 17.2 Å². The maximum atomic E-state index is 12.5. The summed E-state index contributed by atoms with van der Waals surface area (Å²) < 4.78 is 0. The van der Waals surface area contributed by atoms with Gasteiger partial charge in [-0.3, -0.25) is 9.78 Å². The van der Waals surface area contributed by atoms with Gasteiger partial charge in [-0.1, -0.05) is 0 Å². The highest BCUT2D eigenvalue weighted by Gasteiger charge is 2.27. The summed E-state index contributed by atoms with van der Waals surface area (Å²) in [5, 5.41) is 4.20. The molecule has 27 heavy (non-hydrogen) atoms.